The summed E-state index contributed by atoms with van der Waals surface area (Å²) in [6, 6.07) is 129. The average Bonchev–Trinajstić information content (AvgIpc) is 1.48. The van der Waals surface area contributed by atoms with E-state index in [2.05, 4.69) is 367 Å². The van der Waals surface area contributed by atoms with Crippen LogP contribution < -0.4 is 0 Å². The van der Waals surface area contributed by atoms with E-state index in [9.17, 15) is 0 Å². The Morgan fingerprint density at radius 2 is 0.462 bits per heavy atom. The highest BCUT2D eigenvalue weighted by molar-refractivity contribution is 7.26. The summed E-state index contributed by atoms with van der Waals surface area (Å²) < 4.78 is 17.4. The largest absolute Gasteiger partial charge is 0.456 e. The van der Waals surface area contributed by atoms with Crippen LogP contribution >= 0.6 is 22.7 Å². The van der Waals surface area contributed by atoms with Crippen LogP contribution in [0.5, 0.6) is 0 Å². The lowest BCUT2D eigenvalue weighted by atomic mass is 9.90. The van der Waals surface area contributed by atoms with E-state index in [-0.39, 0.29) is 0 Å². The maximum atomic E-state index is 5.98. The highest BCUT2D eigenvalue weighted by Crippen LogP contribution is 2.44. The van der Waals surface area contributed by atoms with Gasteiger partial charge in [0, 0.05) is 61.9 Å². The van der Waals surface area contributed by atoms with Crippen LogP contribution in [0.1, 0.15) is 22.3 Å². The van der Waals surface area contributed by atoms with E-state index in [4.69, 9.17) is 8.83 Å². The number of fused-ring (bicyclic) bond motifs is 12. The molecule has 0 aliphatic carbocycles. The van der Waals surface area contributed by atoms with E-state index < -0.39 is 0 Å². The molecule has 4 heterocycles. The number of hydrogen-bond acceptors (Lipinski definition) is 4. The van der Waals surface area contributed by atoms with Gasteiger partial charge in [-0.2, -0.15) is 0 Å². The van der Waals surface area contributed by atoms with E-state index in [0.29, 0.717) is 0 Å². The van der Waals surface area contributed by atoms with Gasteiger partial charge in [0.2, 0.25) is 0 Å². The first-order valence-corrected chi connectivity index (χ1v) is 37.1. The summed E-state index contributed by atoms with van der Waals surface area (Å²) in [5.74, 6) is 0. The second kappa shape index (κ2) is 28.5. The van der Waals surface area contributed by atoms with Crippen molar-refractivity contribution in [3.05, 3.63) is 386 Å². The summed E-state index contributed by atoms with van der Waals surface area (Å²) in [6.07, 6.45) is 0. The van der Waals surface area contributed by atoms with Crippen molar-refractivity contribution in [3.8, 4) is 89.0 Å². The van der Waals surface area contributed by atoms with Gasteiger partial charge in [-0.3, -0.25) is 0 Å². The van der Waals surface area contributed by atoms with Crippen molar-refractivity contribution in [2.45, 2.75) is 27.7 Å². The molecule has 4 heteroatoms. The third-order valence-corrected chi connectivity index (χ3v) is 22.4. The maximum absolute atomic E-state index is 5.98. The van der Waals surface area contributed by atoms with Gasteiger partial charge in [0.05, 0.1) is 0 Å². The lowest BCUT2D eigenvalue weighted by Gasteiger charge is -2.13. The van der Waals surface area contributed by atoms with Crippen LogP contribution in [0.2, 0.25) is 0 Å². The minimum atomic E-state index is 0.934. The molecule has 0 saturated carbocycles. The zero-order valence-corrected chi connectivity index (χ0v) is 59.9. The molecular weight excluding hydrogens is 1300 g/mol. The van der Waals surface area contributed by atoms with E-state index in [0.717, 1.165) is 33.1 Å². The molecule has 496 valence electrons. The molecule has 0 saturated heterocycles. The Morgan fingerprint density at radius 3 is 0.885 bits per heavy atom. The monoisotopic (exact) mass is 1370 g/mol. The van der Waals surface area contributed by atoms with Gasteiger partial charge in [0.1, 0.15) is 22.3 Å². The van der Waals surface area contributed by atoms with Crippen LogP contribution in [0, 0.1) is 27.7 Å². The van der Waals surface area contributed by atoms with Crippen LogP contribution in [-0.4, -0.2) is 0 Å². The third kappa shape index (κ3) is 12.7. The molecule has 0 aliphatic rings. The van der Waals surface area contributed by atoms with Crippen molar-refractivity contribution in [2.24, 2.45) is 0 Å². The molecule has 16 aromatic carbocycles. The lowest BCUT2D eigenvalue weighted by molar-refractivity contribution is 0.668. The van der Waals surface area contributed by atoms with Gasteiger partial charge < -0.3 is 8.83 Å². The minimum absolute atomic E-state index is 0.934. The highest BCUT2D eigenvalue weighted by atomic mass is 32.1. The SMILES string of the molecule is Cc1cccc(-c2ccc3oc4ccccc4c3c2)c1-c1ccccc1.Cc1cccc(-c2ccc3sc4ccccc4c3c2)c1-c1ccccc1.Cc1ccccc1-c1ccccc1-c1ccc2oc3ccccc3c2c1.Cc1ccccc1-c1ccccc1-c1ccc2sc3ccccc3c2c1. The van der Waals surface area contributed by atoms with Gasteiger partial charge in [-0.1, -0.05) is 291 Å². The summed E-state index contributed by atoms with van der Waals surface area (Å²) >= 11 is 3.74. The molecule has 20 aromatic rings. The second-order valence-corrected chi connectivity index (χ2v) is 28.9. The summed E-state index contributed by atoms with van der Waals surface area (Å²) in [7, 11) is 0. The first kappa shape index (κ1) is 64.9. The molecule has 0 bridgehead atoms. The van der Waals surface area contributed by atoms with Crippen LogP contribution in [0.15, 0.2) is 373 Å². The topological polar surface area (TPSA) is 26.3 Å². The van der Waals surface area contributed by atoms with Crippen LogP contribution in [0.3, 0.4) is 0 Å². The fourth-order valence-corrected chi connectivity index (χ4v) is 17.2. The number of aryl methyl sites for hydroxylation is 4. The smallest absolute Gasteiger partial charge is 0.135 e. The van der Waals surface area contributed by atoms with E-state index in [1.54, 1.807) is 0 Å². The predicted molar refractivity (Wildman–Crippen MR) is 449 cm³/mol. The minimum Gasteiger partial charge on any atom is -0.456 e. The lowest BCUT2D eigenvalue weighted by Crippen LogP contribution is -1.89. The van der Waals surface area contributed by atoms with E-state index in [1.807, 2.05) is 46.9 Å². The molecule has 0 N–H and O–H groups in total. The number of rotatable bonds is 8. The molecule has 0 radical (unpaired) electrons. The Labute approximate surface area is 614 Å². The molecule has 0 spiro atoms. The van der Waals surface area contributed by atoms with Crippen molar-refractivity contribution >= 4 is 107 Å². The van der Waals surface area contributed by atoms with Gasteiger partial charge in [0.25, 0.3) is 0 Å². The molecule has 4 aromatic heterocycles. The van der Waals surface area contributed by atoms with E-state index >= 15 is 0 Å². The molecule has 20 rings (SSSR count). The Balaban J connectivity index is 0.000000103. The molecule has 0 amide bonds. The predicted octanol–water partition coefficient (Wildman–Crippen LogP) is 29.9. The molecule has 0 atom stereocenters. The van der Waals surface area contributed by atoms with E-state index in [1.165, 1.54) is 162 Å². The standard InChI is InChI=1S/2C25H18O.2C25H18S/c1-17-8-2-3-9-19(17)21-11-5-4-10-20(21)18-14-15-25-23(16-18)22-12-6-7-13-24(22)26-25;1-17-8-7-12-20(25(17)18-9-3-2-4-10-18)19-14-15-24-22(16-19)21-11-5-6-13-23(21)26-24;1-17-8-2-3-9-19(17)21-11-5-4-10-20(21)18-14-15-25-23(16-18)22-12-6-7-13-24(22)26-25;1-17-8-7-12-20(25(17)18-9-3-2-4-10-18)19-14-15-24-22(16-19)21-11-5-6-13-23(21)26-24/h4*2-16H,1H3. The number of thiophene rings is 2. The molecule has 0 fully saturated rings. The fraction of sp³-hybridized carbons (Fsp3) is 0.0400. The number of hydrogen-bond donors (Lipinski definition) is 0. The van der Waals surface area contributed by atoms with Crippen molar-refractivity contribution in [2.75, 3.05) is 0 Å². The first-order chi connectivity index (χ1) is 51.2. The van der Waals surface area contributed by atoms with Crippen molar-refractivity contribution in [1.29, 1.82) is 0 Å². The molecule has 2 nitrogen and oxygen atoms in total. The van der Waals surface area contributed by atoms with Crippen LogP contribution in [-0.2, 0) is 0 Å². The van der Waals surface area contributed by atoms with Crippen molar-refractivity contribution < 1.29 is 8.83 Å². The number of benzene rings is 16. The number of para-hydroxylation sites is 2. The van der Waals surface area contributed by atoms with Gasteiger partial charge in [0.15, 0.2) is 0 Å². The molecular formula is C100H72O2S2. The molecule has 0 aliphatic heterocycles. The molecule has 104 heavy (non-hydrogen) atoms. The fourth-order valence-electron chi connectivity index (χ4n) is 15.1. The van der Waals surface area contributed by atoms with Gasteiger partial charge in [-0.25, -0.2) is 0 Å². The second-order valence-electron chi connectivity index (χ2n) is 26.7. The molecule has 0 unspecified atom stereocenters. The normalized spacial score (nSPS) is 11.3. The number of furan rings is 2. The zero-order chi connectivity index (χ0) is 70.0. The quantitative estimate of drug-likeness (QED) is 0.152. The van der Waals surface area contributed by atoms with Gasteiger partial charge in [-0.15, -0.1) is 22.7 Å². The Hall–Kier alpha value is -12.4. The summed E-state index contributed by atoms with van der Waals surface area (Å²) in [5.41, 5.74) is 29.3. The van der Waals surface area contributed by atoms with Crippen LogP contribution in [0.25, 0.3) is 173 Å². The average molecular weight is 1370 g/mol. The zero-order valence-electron chi connectivity index (χ0n) is 58.3. The Bertz CT molecular complexity index is 6140. The Kier molecular flexibility index (Phi) is 17.8. The van der Waals surface area contributed by atoms with Gasteiger partial charge in [-0.05, 0) is 212 Å². The maximum Gasteiger partial charge on any atom is 0.135 e. The van der Waals surface area contributed by atoms with Crippen molar-refractivity contribution in [3.63, 3.8) is 0 Å². The summed E-state index contributed by atoms with van der Waals surface area (Å²) in [6.45, 7) is 8.72. The highest BCUT2D eigenvalue weighted by Gasteiger charge is 2.18. The third-order valence-electron chi connectivity index (χ3n) is 20.1. The van der Waals surface area contributed by atoms with Crippen LogP contribution in [0.4, 0.5) is 0 Å². The Morgan fingerprint density at radius 1 is 0.173 bits per heavy atom. The summed E-state index contributed by atoms with van der Waals surface area (Å²) in [4.78, 5) is 0. The van der Waals surface area contributed by atoms with Crippen molar-refractivity contribution in [1.82, 2.24) is 0 Å². The summed E-state index contributed by atoms with van der Waals surface area (Å²) in [5, 5.41) is 10.1. The van der Waals surface area contributed by atoms with Gasteiger partial charge >= 0.3 is 0 Å². The first-order valence-electron chi connectivity index (χ1n) is 35.5.